The van der Waals surface area contributed by atoms with Gasteiger partial charge in [-0.3, -0.25) is 15.1 Å². The van der Waals surface area contributed by atoms with Crippen LogP contribution >= 0.6 is 11.6 Å². The number of hydrogen-bond donors (Lipinski definition) is 0. The van der Waals surface area contributed by atoms with Crippen LogP contribution in [0.5, 0.6) is 5.75 Å². The fourth-order valence-electron chi connectivity index (χ4n) is 1.37. The predicted octanol–water partition coefficient (Wildman–Crippen LogP) is 3.22. The van der Waals surface area contributed by atoms with E-state index in [1.165, 1.54) is 12.3 Å². The van der Waals surface area contributed by atoms with E-state index >= 15 is 0 Å². The summed E-state index contributed by atoms with van der Waals surface area (Å²) in [6, 6.07) is 9.60. The minimum atomic E-state index is -0.482. The Morgan fingerprint density at radius 2 is 2.06 bits per heavy atom. The van der Waals surface area contributed by atoms with Gasteiger partial charge >= 0.3 is 5.69 Å². The summed E-state index contributed by atoms with van der Waals surface area (Å²) in [5, 5.41) is 11.3. The van der Waals surface area contributed by atoms with E-state index in [1.54, 1.807) is 30.3 Å². The summed E-state index contributed by atoms with van der Waals surface area (Å²) < 4.78 is 5.38. The summed E-state index contributed by atoms with van der Waals surface area (Å²) >= 11 is 5.70. The fraction of sp³-hybridized carbons (Fsp3) is 0.0833. The minimum Gasteiger partial charge on any atom is -0.480 e. The van der Waals surface area contributed by atoms with E-state index in [9.17, 15) is 10.1 Å². The molecule has 0 aliphatic rings. The third-order valence-electron chi connectivity index (χ3n) is 2.23. The van der Waals surface area contributed by atoms with Gasteiger partial charge in [0.1, 0.15) is 6.61 Å². The first kappa shape index (κ1) is 12.3. The molecule has 2 aromatic rings. The van der Waals surface area contributed by atoms with E-state index in [4.69, 9.17) is 16.3 Å². The molecule has 0 radical (unpaired) electrons. The second-order valence-electron chi connectivity index (χ2n) is 3.48. The maximum Gasteiger partial charge on any atom is 0.310 e. The molecule has 0 fully saturated rings. The van der Waals surface area contributed by atoms with Crippen LogP contribution in [0.4, 0.5) is 5.69 Å². The Labute approximate surface area is 108 Å². The maximum atomic E-state index is 10.8. The number of hydrogen-bond acceptors (Lipinski definition) is 4. The number of pyridine rings is 1. The second kappa shape index (κ2) is 5.46. The van der Waals surface area contributed by atoms with Gasteiger partial charge in [0.2, 0.25) is 0 Å². The summed E-state index contributed by atoms with van der Waals surface area (Å²) in [5.74, 6) is 0.222. The van der Waals surface area contributed by atoms with Gasteiger partial charge in [0, 0.05) is 12.3 Å². The molecule has 0 saturated heterocycles. The third-order valence-corrected chi connectivity index (χ3v) is 2.45. The second-order valence-corrected chi connectivity index (χ2v) is 3.92. The zero-order chi connectivity index (χ0) is 13.0. The third kappa shape index (κ3) is 2.95. The Balaban J connectivity index is 2.10. The molecule has 0 N–H and O–H groups in total. The standard InChI is InChI=1S/C12H9ClN2O3/c13-9-5-6-10(14-7-9)8-18-12-4-2-1-3-11(12)15(16)17/h1-7H,8H2. The van der Waals surface area contributed by atoms with Gasteiger partial charge in [-0.15, -0.1) is 0 Å². The average molecular weight is 265 g/mol. The number of nitro groups is 1. The summed E-state index contributed by atoms with van der Waals surface area (Å²) in [4.78, 5) is 14.3. The number of ether oxygens (including phenoxy) is 1. The Bertz CT molecular complexity index is 558. The van der Waals surface area contributed by atoms with Gasteiger partial charge in [0.05, 0.1) is 15.6 Å². The van der Waals surface area contributed by atoms with Gasteiger partial charge in [0.15, 0.2) is 5.75 Å². The summed E-state index contributed by atoms with van der Waals surface area (Å²) in [6.45, 7) is 0.155. The van der Waals surface area contributed by atoms with Crippen molar-refractivity contribution in [2.75, 3.05) is 0 Å². The van der Waals surface area contributed by atoms with Gasteiger partial charge in [-0.2, -0.15) is 0 Å². The van der Waals surface area contributed by atoms with Crippen molar-refractivity contribution in [2.45, 2.75) is 6.61 Å². The van der Waals surface area contributed by atoms with Crippen molar-refractivity contribution in [3.8, 4) is 5.75 Å². The highest BCUT2D eigenvalue weighted by atomic mass is 35.5. The molecular formula is C12H9ClN2O3. The molecule has 0 bridgehead atoms. The van der Waals surface area contributed by atoms with Crippen LogP contribution < -0.4 is 4.74 Å². The SMILES string of the molecule is O=[N+]([O-])c1ccccc1OCc1ccc(Cl)cn1. The van der Waals surface area contributed by atoms with E-state index in [1.807, 2.05) is 0 Å². The van der Waals surface area contributed by atoms with Crippen molar-refractivity contribution in [3.05, 3.63) is 63.4 Å². The van der Waals surface area contributed by atoms with Crippen molar-refractivity contribution in [3.63, 3.8) is 0 Å². The molecule has 0 unspecified atom stereocenters. The molecule has 0 aliphatic carbocycles. The molecule has 0 spiro atoms. The normalized spacial score (nSPS) is 10.1. The first-order valence-corrected chi connectivity index (χ1v) is 5.51. The number of rotatable bonds is 4. The largest absolute Gasteiger partial charge is 0.480 e. The van der Waals surface area contributed by atoms with Gasteiger partial charge in [0.25, 0.3) is 0 Å². The monoisotopic (exact) mass is 264 g/mol. The first-order valence-electron chi connectivity index (χ1n) is 5.13. The predicted molar refractivity (Wildman–Crippen MR) is 66.7 cm³/mol. The van der Waals surface area contributed by atoms with E-state index < -0.39 is 4.92 Å². The molecule has 0 atom stereocenters. The first-order chi connectivity index (χ1) is 8.66. The van der Waals surface area contributed by atoms with Crippen molar-refractivity contribution < 1.29 is 9.66 Å². The van der Waals surface area contributed by atoms with Crippen LogP contribution in [0.15, 0.2) is 42.6 Å². The molecule has 0 aliphatic heterocycles. The zero-order valence-electron chi connectivity index (χ0n) is 9.25. The number of halogens is 1. The Hall–Kier alpha value is -2.14. The van der Waals surface area contributed by atoms with Crippen LogP contribution in [0.1, 0.15) is 5.69 Å². The lowest BCUT2D eigenvalue weighted by Crippen LogP contribution is -2.00. The van der Waals surface area contributed by atoms with Crippen LogP contribution in [-0.2, 0) is 6.61 Å². The van der Waals surface area contributed by atoms with Crippen LogP contribution in [0.3, 0.4) is 0 Å². The molecule has 1 heterocycles. The number of nitrogens with zero attached hydrogens (tertiary/aromatic N) is 2. The molecule has 0 saturated carbocycles. The molecule has 6 heteroatoms. The van der Waals surface area contributed by atoms with Crippen LogP contribution in [0.2, 0.25) is 5.02 Å². The smallest absolute Gasteiger partial charge is 0.310 e. The lowest BCUT2D eigenvalue weighted by molar-refractivity contribution is -0.385. The van der Waals surface area contributed by atoms with Crippen molar-refractivity contribution in [1.29, 1.82) is 0 Å². The molecular weight excluding hydrogens is 256 g/mol. The average Bonchev–Trinajstić information content (AvgIpc) is 2.38. The van der Waals surface area contributed by atoms with Gasteiger partial charge in [-0.05, 0) is 18.2 Å². The van der Waals surface area contributed by atoms with Crippen LogP contribution in [-0.4, -0.2) is 9.91 Å². The Morgan fingerprint density at radius 3 is 2.72 bits per heavy atom. The Kier molecular flexibility index (Phi) is 3.74. The van der Waals surface area contributed by atoms with Crippen molar-refractivity contribution >= 4 is 17.3 Å². The molecule has 0 amide bonds. The molecule has 1 aromatic heterocycles. The quantitative estimate of drug-likeness (QED) is 0.628. The molecule has 92 valence electrons. The van der Waals surface area contributed by atoms with E-state index in [0.29, 0.717) is 10.7 Å². The highest BCUT2D eigenvalue weighted by molar-refractivity contribution is 6.30. The summed E-state index contributed by atoms with van der Waals surface area (Å²) in [5.41, 5.74) is 0.587. The highest BCUT2D eigenvalue weighted by Gasteiger charge is 2.13. The maximum absolute atomic E-state index is 10.8. The van der Waals surface area contributed by atoms with E-state index in [-0.39, 0.29) is 18.0 Å². The van der Waals surface area contributed by atoms with Crippen molar-refractivity contribution in [1.82, 2.24) is 4.98 Å². The molecule has 1 aromatic carbocycles. The number of para-hydroxylation sites is 2. The Morgan fingerprint density at radius 1 is 1.28 bits per heavy atom. The summed E-state index contributed by atoms with van der Waals surface area (Å²) in [7, 11) is 0. The topological polar surface area (TPSA) is 65.3 Å². The minimum absolute atomic E-state index is 0.0635. The van der Waals surface area contributed by atoms with Crippen LogP contribution in [0, 0.1) is 10.1 Å². The van der Waals surface area contributed by atoms with E-state index in [0.717, 1.165) is 0 Å². The number of nitro benzene ring substituents is 1. The molecule has 2 rings (SSSR count). The van der Waals surface area contributed by atoms with E-state index in [2.05, 4.69) is 4.98 Å². The number of aromatic nitrogens is 1. The fourth-order valence-corrected chi connectivity index (χ4v) is 1.49. The number of benzene rings is 1. The zero-order valence-corrected chi connectivity index (χ0v) is 10.0. The molecule has 5 nitrogen and oxygen atoms in total. The van der Waals surface area contributed by atoms with Crippen molar-refractivity contribution in [2.24, 2.45) is 0 Å². The van der Waals surface area contributed by atoms with Gasteiger partial charge in [-0.1, -0.05) is 23.7 Å². The highest BCUT2D eigenvalue weighted by Crippen LogP contribution is 2.26. The molecule has 18 heavy (non-hydrogen) atoms. The van der Waals surface area contributed by atoms with Crippen LogP contribution in [0.25, 0.3) is 0 Å². The van der Waals surface area contributed by atoms with Gasteiger partial charge in [-0.25, -0.2) is 0 Å². The van der Waals surface area contributed by atoms with Gasteiger partial charge < -0.3 is 4.74 Å². The summed E-state index contributed by atoms with van der Waals surface area (Å²) in [6.07, 6.45) is 1.50. The lowest BCUT2D eigenvalue weighted by Gasteiger charge is -2.05. The lowest BCUT2D eigenvalue weighted by atomic mass is 10.3.